The van der Waals surface area contributed by atoms with Crippen molar-refractivity contribution in [1.82, 2.24) is 0 Å². The van der Waals surface area contributed by atoms with Crippen molar-refractivity contribution < 1.29 is 33.9 Å². The van der Waals surface area contributed by atoms with Gasteiger partial charge in [-0.15, -0.1) is 0 Å². The van der Waals surface area contributed by atoms with Gasteiger partial charge in [0.25, 0.3) is 5.79 Å². The molecule has 0 aliphatic heterocycles. The summed E-state index contributed by atoms with van der Waals surface area (Å²) in [6, 6.07) is 0. The summed E-state index contributed by atoms with van der Waals surface area (Å²) in [5.41, 5.74) is -0.431. The zero-order valence-electron chi connectivity index (χ0n) is 13.2. The number of carbonyl (C=O) groups excluding carboxylic acids is 1. The molecular formula is C14H24O7. The topological polar surface area (TPSA) is 91.3 Å². The smallest absolute Gasteiger partial charge is 0.450 e. The molecule has 0 spiro atoms. The number of esters is 1. The molecule has 0 aliphatic rings. The van der Waals surface area contributed by atoms with E-state index in [2.05, 4.69) is 11.3 Å². The Labute approximate surface area is 124 Å². The fraction of sp³-hybridized carbons (Fsp3) is 0.714. The van der Waals surface area contributed by atoms with E-state index in [1.807, 2.05) is 20.8 Å². The monoisotopic (exact) mass is 304 g/mol. The second-order valence-electron chi connectivity index (χ2n) is 5.53. The molecule has 1 atom stereocenters. The number of hydrogen-bond acceptors (Lipinski definition) is 6. The van der Waals surface area contributed by atoms with Gasteiger partial charge in [-0.2, -0.15) is 0 Å². The molecule has 0 aromatic rings. The van der Waals surface area contributed by atoms with E-state index in [1.54, 1.807) is 0 Å². The molecule has 7 heteroatoms. The summed E-state index contributed by atoms with van der Waals surface area (Å²) in [6.45, 7) is 11.4. The second-order valence-corrected chi connectivity index (χ2v) is 5.53. The Bertz CT molecular complexity index is 389. The minimum Gasteiger partial charge on any atom is -0.450 e. The van der Waals surface area contributed by atoms with Crippen molar-refractivity contribution >= 4 is 12.1 Å². The Hall–Kier alpha value is -1.60. The Morgan fingerprint density at radius 3 is 2.19 bits per heavy atom. The van der Waals surface area contributed by atoms with E-state index in [0.717, 1.165) is 12.8 Å². The maximum absolute atomic E-state index is 11.5. The van der Waals surface area contributed by atoms with Gasteiger partial charge in [0.1, 0.15) is 0 Å². The standard InChI is InChI=1S/C14H24O7/c1-7-8-13(4,5)21-18-9-14(6,20-12(16)17)19-11(15)10(2)3/h2,7-9H2,1,3-6H3,(H,16,17). The Morgan fingerprint density at radius 2 is 1.76 bits per heavy atom. The lowest BCUT2D eigenvalue weighted by molar-refractivity contribution is -0.384. The van der Waals surface area contributed by atoms with Crippen LogP contribution in [0.1, 0.15) is 47.5 Å². The fourth-order valence-electron chi connectivity index (χ4n) is 1.49. The van der Waals surface area contributed by atoms with Crippen LogP contribution in [-0.2, 0) is 24.0 Å². The highest BCUT2D eigenvalue weighted by Gasteiger charge is 2.35. The molecule has 0 bridgehead atoms. The summed E-state index contributed by atoms with van der Waals surface area (Å²) in [6.07, 6.45) is 0.0438. The largest absolute Gasteiger partial charge is 0.509 e. The summed E-state index contributed by atoms with van der Waals surface area (Å²) >= 11 is 0. The molecule has 0 aromatic carbocycles. The predicted octanol–water partition coefficient (Wildman–Crippen LogP) is 3.04. The average molecular weight is 304 g/mol. The van der Waals surface area contributed by atoms with Crippen LogP contribution in [0.2, 0.25) is 0 Å². The van der Waals surface area contributed by atoms with E-state index < -0.39 is 30.1 Å². The molecule has 122 valence electrons. The molecule has 21 heavy (non-hydrogen) atoms. The van der Waals surface area contributed by atoms with Crippen LogP contribution in [0.25, 0.3) is 0 Å². The van der Waals surface area contributed by atoms with Crippen molar-refractivity contribution in [2.24, 2.45) is 0 Å². The third kappa shape index (κ3) is 8.31. The molecule has 0 heterocycles. The lowest BCUT2D eigenvalue weighted by Crippen LogP contribution is -2.42. The molecule has 0 saturated heterocycles. The minimum atomic E-state index is -1.82. The SMILES string of the molecule is C=C(C)C(=O)OC(C)(COOC(C)(C)CCC)OC(=O)O. The van der Waals surface area contributed by atoms with Gasteiger partial charge in [0, 0.05) is 12.5 Å². The number of hydrogen-bond donors (Lipinski definition) is 1. The number of carbonyl (C=O) groups is 2. The van der Waals surface area contributed by atoms with Crippen molar-refractivity contribution in [3.05, 3.63) is 12.2 Å². The van der Waals surface area contributed by atoms with Gasteiger partial charge < -0.3 is 14.6 Å². The molecule has 0 aliphatic carbocycles. The first-order chi connectivity index (χ1) is 9.51. The van der Waals surface area contributed by atoms with Crippen LogP contribution >= 0.6 is 0 Å². The molecule has 0 fully saturated rings. The van der Waals surface area contributed by atoms with E-state index in [-0.39, 0.29) is 5.57 Å². The molecule has 1 N–H and O–H groups in total. The molecule has 0 amide bonds. The van der Waals surface area contributed by atoms with E-state index in [9.17, 15) is 9.59 Å². The quantitative estimate of drug-likeness (QED) is 0.230. The maximum Gasteiger partial charge on any atom is 0.509 e. The maximum atomic E-state index is 11.5. The van der Waals surface area contributed by atoms with Crippen LogP contribution in [0.5, 0.6) is 0 Å². The van der Waals surface area contributed by atoms with Crippen LogP contribution in [0.4, 0.5) is 4.79 Å². The third-order valence-electron chi connectivity index (χ3n) is 2.42. The van der Waals surface area contributed by atoms with Gasteiger partial charge in [0.2, 0.25) is 0 Å². The number of rotatable bonds is 9. The molecule has 0 rings (SSSR count). The first kappa shape index (κ1) is 19.4. The highest BCUT2D eigenvalue weighted by Crippen LogP contribution is 2.20. The first-order valence-corrected chi connectivity index (χ1v) is 6.63. The predicted molar refractivity (Wildman–Crippen MR) is 74.4 cm³/mol. The minimum absolute atomic E-state index is 0.113. The number of ether oxygens (including phenoxy) is 2. The Balaban J connectivity index is 4.66. The van der Waals surface area contributed by atoms with Gasteiger partial charge in [-0.25, -0.2) is 19.4 Å². The van der Waals surface area contributed by atoms with Gasteiger partial charge in [-0.05, 0) is 27.2 Å². The van der Waals surface area contributed by atoms with Crippen molar-refractivity contribution in [3.8, 4) is 0 Å². The molecule has 1 unspecified atom stereocenters. The molecule has 0 aromatic heterocycles. The van der Waals surface area contributed by atoms with Crippen molar-refractivity contribution in [2.75, 3.05) is 6.61 Å². The van der Waals surface area contributed by atoms with E-state index in [1.165, 1.54) is 13.8 Å². The second kappa shape index (κ2) is 7.99. The molecule has 0 saturated carbocycles. The molecule has 7 nitrogen and oxygen atoms in total. The van der Waals surface area contributed by atoms with E-state index >= 15 is 0 Å². The van der Waals surface area contributed by atoms with Crippen molar-refractivity contribution in [2.45, 2.75) is 58.8 Å². The van der Waals surface area contributed by atoms with E-state index in [0.29, 0.717) is 0 Å². The van der Waals surface area contributed by atoms with Gasteiger partial charge >= 0.3 is 12.1 Å². The van der Waals surface area contributed by atoms with Crippen LogP contribution in [-0.4, -0.2) is 35.2 Å². The molecule has 0 radical (unpaired) electrons. The average Bonchev–Trinajstić information content (AvgIpc) is 2.26. The summed E-state index contributed by atoms with van der Waals surface area (Å²) in [7, 11) is 0. The Morgan fingerprint density at radius 1 is 1.19 bits per heavy atom. The summed E-state index contributed by atoms with van der Waals surface area (Å²) in [5, 5.41) is 8.71. The van der Waals surface area contributed by atoms with Crippen molar-refractivity contribution in [3.63, 3.8) is 0 Å². The highest BCUT2D eigenvalue weighted by atomic mass is 17.2. The number of carboxylic acid groups (broad SMARTS) is 1. The first-order valence-electron chi connectivity index (χ1n) is 6.63. The lowest BCUT2D eigenvalue weighted by Gasteiger charge is -2.29. The van der Waals surface area contributed by atoms with Gasteiger partial charge in [-0.1, -0.05) is 19.9 Å². The van der Waals surface area contributed by atoms with Crippen LogP contribution in [0.3, 0.4) is 0 Å². The van der Waals surface area contributed by atoms with Crippen molar-refractivity contribution in [1.29, 1.82) is 0 Å². The molecular weight excluding hydrogens is 280 g/mol. The summed E-state index contributed by atoms with van der Waals surface area (Å²) < 4.78 is 9.50. The van der Waals surface area contributed by atoms with E-state index in [4.69, 9.17) is 19.6 Å². The van der Waals surface area contributed by atoms with Gasteiger partial charge in [0.15, 0.2) is 6.61 Å². The van der Waals surface area contributed by atoms with Crippen LogP contribution in [0.15, 0.2) is 12.2 Å². The van der Waals surface area contributed by atoms with Crippen LogP contribution in [0, 0.1) is 0 Å². The normalized spacial score (nSPS) is 14.1. The van der Waals surface area contributed by atoms with Gasteiger partial charge in [-0.3, -0.25) is 0 Å². The summed E-state index contributed by atoms with van der Waals surface area (Å²) in [4.78, 5) is 32.4. The highest BCUT2D eigenvalue weighted by molar-refractivity contribution is 5.87. The van der Waals surface area contributed by atoms with Gasteiger partial charge in [0.05, 0.1) is 5.60 Å². The zero-order valence-corrected chi connectivity index (χ0v) is 13.2. The Kier molecular flexibility index (Phi) is 7.38. The van der Waals surface area contributed by atoms with Crippen LogP contribution < -0.4 is 0 Å². The zero-order chi connectivity index (χ0) is 16.7. The fourth-order valence-corrected chi connectivity index (χ4v) is 1.49. The summed E-state index contributed by atoms with van der Waals surface area (Å²) in [5.74, 6) is -2.60. The lowest BCUT2D eigenvalue weighted by atomic mass is 10.0. The third-order valence-corrected chi connectivity index (χ3v) is 2.42.